The summed E-state index contributed by atoms with van der Waals surface area (Å²) < 4.78 is 6.65. The van der Waals surface area contributed by atoms with Gasteiger partial charge in [-0.25, -0.2) is 0 Å². The zero-order chi connectivity index (χ0) is 16.8. The van der Waals surface area contributed by atoms with Crippen LogP contribution < -0.4 is 5.56 Å². The third-order valence-electron chi connectivity index (χ3n) is 3.56. The van der Waals surface area contributed by atoms with Crippen molar-refractivity contribution in [3.8, 4) is 5.88 Å². The third-order valence-corrected chi connectivity index (χ3v) is 4.52. The van der Waals surface area contributed by atoms with Gasteiger partial charge in [0.05, 0.1) is 24.5 Å². The summed E-state index contributed by atoms with van der Waals surface area (Å²) in [5.74, 6) is -0.134. The average Bonchev–Trinajstić information content (AvgIpc) is 2.56. The van der Waals surface area contributed by atoms with Crippen molar-refractivity contribution in [2.24, 2.45) is 0 Å². The highest BCUT2D eigenvalue weighted by Crippen LogP contribution is 2.20. The van der Waals surface area contributed by atoms with Crippen LogP contribution in [0.15, 0.2) is 22.6 Å². The van der Waals surface area contributed by atoms with Gasteiger partial charge in [-0.2, -0.15) is 4.98 Å². The van der Waals surface area contributed by atoms with Crippen LogP contribution >= 0.6 is 11.8 Å². The van der Waals surface area contributed by atoms with Gasteiger partial charge in [0.1, 0.15) is 0 Å². The number of ether oxygens (including phenoxy) is 1. The number of hydrogen-bond donors (Lipinski definition) is 1. The molecule has 0 aromatic carbocycles. The molecule has 1 aliphatic heterocycles. The number of rotatable bonds is 6. The minimum atomic E-state index is -0.291. The van der Waals surface area contributed by atoms with E-state index in [2.05, 4.69) is 11.6 Å². The van der Waals surface area contributed by atoms with E-state index in [1.807, 2.05) is 0 Å². The Balaban J connectivity index is 2.16. The summed E-state index contributed by atoms with van der Waals surface area (Å²) in [7, 11) is 0. The number of thioether (sulfide) groups is 1. The van der Waals surface area contributed by atoms with Gasteiger partial charge in [-0.05, 0) is 6.42 Å². The standard InChI is InChI=1S/C15H21N3O4S/c1-3-5-18-14(21)11(4-2)13(20)16-15(18)23-10-12(19)17-6-8-22-9-7-17/h3,20H,1,4-10H2,2H3. The summed E-state index contributed by atoms with van der Waals surface area (Å²) in [6.45, 7) is 7.94. The summed E-state index contributed by atoms with van der Waals surface area (Å²) >= 11 is 1.15. The van der Waals surface area contributed by atoms with E-state index in [1.165, 1.54) is 4.57 Å². The number of nitrogens with zero attached hydrogens (tertiary/aromatic N) is 3. The molecule has 0 aliphatic carbocycles. The number of carbonyl (C=O) groups is 1. The van der Waals surface area contributed by atoms with Gasteiger partial charge >= 0.3 is 0 Å². The lowest BCUT2D eigenvalue weighted by atomic mass is 10.2. The second kappa shape index (κ2) is 8.16. The molecule has 0 saturated carbocycles. The molecule has 0 radical (unpaired) electrons. The number of amides is 1. The minimum absolute atomic E-state index is 0.0308. The fourth-order valence-electron chi connectivity index (χ4n) is 2.30. The molecule has 0 atom stereocenters. The predicted octanol–water partition coefficient (Wildman–Crippen LogP) is 0.648. The van der Waals surface area contributed by atoms with Crippen molar-refractivity contribution < 1.29 is 14.6 Å². The molecule has 23 heavy (non-hydrogen) atoms. The zero-order valence-corrected chi connectivity index (χ0v) is 14.0. The molecule has 1 saturated heterocycles. The fraction of sp³-hybridized carbons (Fsp3) is 0.533. The quantitative estimate of drug-likeness (QED) is 0.465. The van der Waals surface area contributed by atoms with Crippen LogP contribution in [0.1, 0.15) is 12.5 Å². The van der Waals surface area contributed by atoms with Crippen LogP contribution in [0.25, 0.3) is 0 Å². The highest BCUT2D eigenvalue weighted by molar-refractivity contribution is 7.99. The number of aromatic hydroxyl groups is 1. The van der Waals surface area contributed by atoms with E-state index in [9.17, 15) is 14.7 Å². The van der Waals surface area contributed by atoms with Crippen molar-refractivity contribution in [1.29, 1.82) is 0 Å². The van der Waals surface area contributed by atoms with Crippen LogP contribution in [-0.2, 0) is 22.5 Å². The monoisotopic (exact) mass is 339 g/mol. The van der Waals surface area contributed by atoms with Crippen LogP contribution in [0, 0.1) is 0 Å². The van der Waals surface area contributed by atoms with Gasteiger partial charge in [0, 0.05) is 19.6 Å². The molecule has 2 rings (SSSR count). The second-order valence-electron chi connectivity index (χ2n) is 5.04. The first kappa shape index (κ1) is 17.6. The predicted molar refractivity (Wildman–Crippen MR) is 87.9 cm³/mol. The van der Waals surface area contributed by atoms with Crippen molar-refractivity contribution >= 4 is 17.7 Å². The summed E-state index contributed by atoms with van der Waals surface area (Å²) in [4.78, 5) is 30.4. The summed E-state index contributed by atoms with van der Waals surface area (Å²) in [5.41, 5.74) is -0.0167. The van der Waals surface area contributed by atoms with E-state index in [4.69, 9.17) is 4.74 Å². The molecule has 1 aromatic heterocycles. The molecular weight excluding hydrogens is 318 g/mol. The number of aromatic nitrogens is 2. The van der Waals surface area contributed by atoms with Gasteiger partial charge in [-0.3, -0.25) is 14.2 Å². The number of hydrogen-bond acceptors (Lipinski definition) is 6. The molecule has 2 heterocycles. The first-order chi connectivity index (χ1) is 11.1. The van der Waals surface area contributed by atoms with E-state index < -0.39 is 0 Å². The smallest absolute Gasteiger partial charge is 0.261 e. The molecule has 0 bridgehead atoms. The van der Waals surface area contributed by atoms with Gasteiger partial charge in [0.15, 0.2) is 5.16 Å². The van der Waals surface area contributed by atoms with Crippen LogP contribution in [0.2, 0.25) is 0 Å². The highest BCUT2D eigenvalue weighted by Gasteiger charge is 2.19. The highest BCUT2D eigenvalue weighted by atomic mass is 32.2. The maximum atomic E-state index is 12.4. The van der Waals surface area contributed by atoms with E-state index in [0.717, 1.165) is 11.8 Å². The Morgan fingerprint density at radius 1 is 1.48 bits per heavy atom. The summed E-state index contributed by atoms with van der Waals surface area (Å²) in [5, 5.41) is 10.2. The Morgan fingerprint density at radius 2 is 2.17 bits per heavy atom. The lowest BCUT2D eigenvalue weighted by Gasteiger charge is -2.26. The second-order valence-corrected chi connectivity index (χ2v) is 5.98. The number of carbonyl (C=O) groups excluding carboxylic acids is 1. The topological polar surface area (TPSA) is 84.7 Å². The lowest BCUT2D eigenvalue weighted by molar-refractivity contribution is -0.132. The van der Waals surface area contributed by atoms with Crippen molar-refractivity contribution in [1.82, 2.24) is 14.5 Å². The molecule has 1 fully saturated rings. The van der Waals surface area contributed by atoms with Gasteiger partial charge in [-0.1, -0.05) is 24.8 Å². The lowest BCUT2D eigenvalue weighted by Crippen LogP contribution is -2.41. The van der Waals surface area contributed by atoms with Crippen molar-refractivity contribution in [3.63, 3.8) is 0 Å². The van der Waals surface area contributed by atoms with Crippen LogP contribution in [0.4, 0.5) is 0 Å². The van der Waals surface area contributed by atoms with Gasteiger partial charge in [0.25, 0.3) is 5.56 Å². The fourth-order valence-corrected chi connectivity index (χ4v) is 3.20. The Hall–Kier alpha value is -1.80. The average molecular weight is 339 g/mol. The van der Waals surface area contributed by atoms with E-state index in [0.29, 0.717) is 37.9 Å². The van der Waals surface area contributed by atoms with Crippen molar-refractivity contribution in [2.75, 3.05) is 32.1 Å². The maximum Gasteiger partial charge on any atom is 0.261 e. The first-order valence-electron chi connectivity index (χ1n) is 7.50. The molecule has 0 unspecified atom stereocenters. The summed E-state index contributed by atoms with van der Waals surface area (Å²) in [6, 6.07) is 0. The van der Waals surface area contributed by atoms with Crippen LogP contribution in [-0.4, -0.2) is 57.5 Å². The molecule has 126 valence electrons. The van der Waals surface area contributed by atoms with Crippen LogP contribution in [0.5, 0.6) is 5.88 Å². The molecule has 7 nitrogen and oxygen atoms in total. The Bertz CT molecular complexity index is 638. The normalized spacial score (nSPS) is 14.7. The van der Waals surface area contributed by atoms with Gasteiger partial charge in [0.2, 0.25) is 11.8 Å². The van der Waals surface area contributed by atoms with E-state index in [-0.39, 0.29) is 35.2 Å². The van der Waals surface area contributed by atoms with E-state index in [1.54, 1.807) is 17.9 Å². The van der Waals surface area contributed by atoms with Gasteiger partial charge < -0.3 is 14.7 Å². The first-order valence-corrected chi connectivity index (χ1v) is 8.49. The molecule has 1 N–H and O–H groups in total. The number of allylic oxidation sites excluding steroid dienone is 1. The van der Waals surface area contributed by atoms with Gasteiger partial charge in [-0.15, -0.1) is 6.58 Å². The molecule has 1 aliphatic rings. The largest absolute Gasteiger partial charge is 0.493 e. The molecule has 1 amide bonds. The molecule has 0 spiro atoms. The Morgan fingerprint density at radius 3 is 2.78 bits per heavy atom. The SMILES string of the molecule is C=CCn1c(SCC(=O)N2CCOCC2)nc(O)c(CC)c1=O. The maximum absolute atomic E-state index is 12.4. The van der Waals surface area contributed by atoms with Crippen LogP contribution in [0.3, 0.4) is 0 Å². The Kier molecular flexibility index (Phi) is 6.23. The third kappa shape index (κ3) is 4.14. The Labute approximate surface area is 139 Å². The van der Waals surface area contributed by atoms with Crippen molar-refractivity contribution in [2.45, 2.75) is 25.0 Å². The zero-order valence-electron chi connectivity index (χ0n) is 13.2. The number of morpholine rings is 1. The summed E-state index contributed by atoms with van der Waals surface area (Å²) in [6.07, 6.45) is 1.99. The molecule has 1 aromatic rings. The minimum Gasteiger partial charge on any atom is -0.493 e. The molecular formula is C15H21N3O4S. The molecule has 8 heteroatoms. The van der Waals surface area contributed by atoms with Crippen molar-refractivity contribution in [3.05, 3.63) is 28.6 Å². The van der Waals surface area contributed by atoms with E-state index >= 15 is 0 Å².